The topological polar surface area (TPSA) is 56.5 Å². The zero-order valence-electron chi connectivity index (χ0n) is 16.7. The molecule has 3 aromatic heterocycles. The van der Waals surface area contributed by atoms with E-state index in [0.29, 0.717) is 6.04 Å². The maximum absolute atomic E-state index is 4.95. The third-order valence-electron chi connectivity index (χ3n) is 5.35. The van der Waals surface area contributed by atoms with Crippen LogP contribution in [0, 0.1) is 0 Å². The lowest BCUT2D eigenvalue weighted by Crippen LogP contribution is -2.03. The SMILES string of the molecule is c1ccc(-c2nc(Sc3nnc(Cc4cccs4)n3C3CC3)c3ccccc3n2)cc1. The number of aromatic nitrogens is 5. The molecule has 0 spiro atoms. The Labute approximate surface area is 188 Å². The highest BCUT2D eigenvalue weighted by molar-refractivity contribution is 7.99. The molecule has 1 fully saturated rings. The van der Waals surface area contributed by atoms with Crippen molar-refractivity contribution in [3.05, 3.63) is 82.8 Å². The molecule has 0 unspecified atom stereocenters. The molecule has 3 heterocycles. The van der Waals surface area contributed by atoms with Crippen LogP contribution in [0.5, 0.6) is 0 Å². The van der Waals surface area contributed by atoms with Crippen molar-refractivity contribution in [3.63, 3.8) is 0 Å². The van der Waals surface area contributed by atoms with E-state index >= 15 is 0 Å². The standard InChI is InChI=1S/C24H19N5S2/c1-2-7-16(8-3-1)22-25-20-11-5-4-10-19(20)23(26-22)31-24-28-27-21(29(24)17-12-13-17)15-18-9-6-14-30-18/h1-11,14,17H,12-13,15H2. The van der Waals surface area contributed by atoms with Gasteiger partial charge in [0.15, 0.2) is 11.0 Å². The molecule has 5 nitrogen and oxygen atoms in total. The Morgan fingerprint density at radius 1 is 0.903 bits per heavy atom. The second kappa shape index (κ2) is 7.90. The van der Waals surface area contributed by atoms with E-state index in [1.807, 2.05) is 48.5 Å². The quantitative estimate of drug-likeness (QED) is 0.301. The number of rotatable bonds is 6. The number of hydrogen-bond donors (Lipinski definition) is 0. The molecule has 6 rings (SSSR count). The first kappa shape index (κ1) is 18.7. The van der Waals surface area contributed by atoms with Crippen LogP contribution >= 0.6 is 23.1 Å². The molecular formula is C24H19N5S2. The molecule has 7 heteroatoms. The van der Waals surface area contributed by atoms with Crippen molar-refractivity contribution >= 4 is 34.0 Å². The zero-order valence-corrected chi connectivity index (χ0v) is 18.3. The summed E-state index contributed by atoms with van der Waals surface area (Å²) in [6.07, 6.45) is 3.19. The van der Waals surface area contributed by atoms with Crippen molar-refractivity contribution in [3.8, 4) is 11.4 Å². The maximum atomic E-state index is 4.95. The highest BCUT2D eigenvalue weighted by Gasteiger charge is 2.30. The van der Waals surface area contributed by atoms with Gasteiger partial charge in [0.1, 0.15) is 10.9 Å². The van der Waals surface area contributed by atoms with Crippen molar-refractivity contribution in [1.82, 2.24) is 24.7 Å². The minimum atomic E-state index is 0.495. The van der Waals surface area contributed by atoms with Crippen LogP contribution in [-0.2, 0) is 6.42 Å². The average molecular weight is 442 g/mol. The average Bonchev–Trinajstić information content (AvgIpc) is 3.37. The van der Waals surface area contributed by atoms with Gasteiger partial charge in [-0.1, -0.05) is 54.6 Å². The fourth-order valence-corrected chi connectivity index (χ4v) is 5.42. The Morgan fingerprint density at radius 2 is 1.74 bits per heavy atom. The molecule has 0 aliphatic heterocycles. The predicted molar refractivity (Wildman–Crippen MR) is 125 cm³/mol. The molecule has 1 aliphatic rings. The van der Waals surface area contributed by atoms with Crippen molar-refractivity contribution in [1.29, 1.82) is 0 Å². The van der Waals surface area contributed by atoms with Gasteiger partial charge in [0.2, 0.25) is 0 Å². The number of thiophene rings is 1. The van der Waals surface area contributed by atoms with Gasteiger partial charge in [-0.2, -0.15) is 0 Å². The van der Waals surface area contributed by atoms with E-state index in [1.54, 1.807) is 23.1 Å². The van der Waals surface area contributed by atoms with Crippen LogP contribution in [0.2, 0.25) is 0 Å². The molecule has 0 atom stereocenters. The Bertz CT molecular complexity index is 1340. The molecule has 0 radical (unpaired) electrons. The van der Waals surface area contributed by atoms with Crippen LogP contribution in [0.3, 0.4) is 0 Å². The lowest BCUT2D eigenvalue weighted by atomic mass is 10.2. The van der Waals surface area contributed by atoms with E-state index in [9.17, 15) is 0 Å². The predicted octanol–water partition coefficient (Wildman–Crippen LogP) is 6.03. The summed E-state index contributed by atoms with van der Waals surface area (Å²) >= 11 is 3.36. The second-order valence-electron chi connectivity index (χ2n) is 7.59. The Hall–Kier alpha value is -3.03. The highest BCUT2D eigenvalue weighted by atomic mass is 32.2. The molecule has 0 N–H and O–H groups in total. The molecule has 2 aromatic carbocycles. The van der Waals surface area contributed by atoms with Gasteiger partial charge >= 0.3 is 0 Å². The molecule has 0 saturated heterocycles. The molecule has 31 heavy (non-hydrogen) atoms. The smallest absolute Gasteiger partial charge is 0.197 e. The van der Waals surface area contributed by atoms with Gasteiger partial charge in [0.25, 0.3) is 0 Å². The summed E-state index contributed by atoms with van der Waals surface area (Å²) < 4.78 is 2.32. The summed E-state index contributed by atoms with van der Waals surface area (Å²) in [6, 6.07) is 23.0. The summed E-state index contributed by atoms with van der Waals surface area (Å²) in [4.78, 5) is 11.1. The lowest BCUT2D eigenvalue weighted by molar-refractivity contribution is 0.635. The molecule has 1 aliphatic carbocycles. The van der Waals surface area contributed by atoms with Crippen LogP contribution in [0.4, 0.5) is 0 Å². The van der Waals surface area contributed by atoms with E-state index in [-0.39, 0.29) is 0 Å². The highest BCUT2D eigenvalue weighted by Crippen LogP contribution is 2.41. The molecule has 152 valence electrons. The third-order valence-corrected chi connectivity index (χ3v) is 7.19. The fraction of sp³-hybridized carbons (Fsp3) is 0.167. The number of hydrogen-bond acceptors (Lipinski definition) is 6. The van der Waals surface area contributed by atoms with Crippen molar-refractivity contribution < 1.29 is 0 Å². The summed E-state index contributed by atoms with van der Waals surface area (Å²) in [7, 11) is 0. The normalized spacial score (nSPS) is 13.7. The molecule has 0 amide bonds. The second-order valence-corrected chi connectivity index (χ2v) is 9.58. The minimum absolute atomic E-state index is 0.495. The maximum Gasteiger partial charge on any atom is 0.197 e. The fourth-order valence-electron chi connectivity index (χ4n) is 3.69. The summed E-state index contributed by atoms with van der Waals surface area (Å²) in [5.41, 5.74) is 1.95. The van der Waals surface area contributed by atoms with Crippen molar-refractivity contribution in [2.75, 3.05) is 0 Å². The Balaban J connectivity index is 1.43. The van der Waals surface area contributed by atoms with Gasteiger partial charge in [-0.3, -0.25) is 0 Å². The molecular weight excluding hydrogens is 422 g/mol. The van der Waals surface area contributed by atoms with E-state index in [4.69, 9.17) is 9.97 Å². The van der Waals surface area contributed by atoms with Gasteiger partial charge < -0.3 is 4.57 Å². The first-order chi connectivity index (χ1) is 15.3. The number of para-hydroxylation sites is 1. The first-order valence-electron chi connectivity index (χ1n) is 10.3. The van der Waals surface area contributed by atoms with E-state index in [0.717, 1.165) is 44.7 Å². The van der Waals surface area contributed by atoms with Crippen molar-refractivity contribution in [2.24, 2.45) is 0 Å². The number of nitrogens with zero attached hydrogens (tertiary/aromatic N) is 5. The number of fused-ring (bicyclic) bond motifs is 1. The van der Waals surface area contributed by atoms with Crippen LogP contribution in [-0.4, -0.2) is 24.7 Å². The third kappa shape index (κ3) is 3.75. The molecule has 1 saturated carbocycles. The van der Waals surface area contributed by atoms with Crippen LogP contribution in [0.25, 0.3) is 22.3 Å². The van der Waals surface area contributed by atoms with Gasteiger partial charge in [-0.15, -0.1) is 21.5 Å². The monoisotopic (exact) mass is 441 g/mol. The summed E-state index contributed by atoms with van der Waals surface area (Å²) in [6.45, 7) is 0. The van der Waals surface area contributed by atoms with Crippen LogP contribution < -0.4 is 0 Å². The van der Waals surface area contributed by atoms with E-state index in [1.165, 1.54) is 17.7 Å². The molecule has 5 aromatic rings. The molecule has 0 bridgehead atoms. The van der Waals surface area contributed by atoms with E-state index < -0.39 is 0 Å². The largest absolute Gasteiger partial charge is 0.302 e. The van der Waals surface area contributed by atoms with Gasteiger partial charge in [-0.05, 0) is 42.1 Å². The first-order valence-corrected chi connectivity index (χ1v) is 12.0. The Morgan fingerprint density at radius 3 is 2.55 bits per heavy atom. The van der Waals surface area contributed by atoms with Gasteiger partial charge in [0.05, 0.1) is 5.52 Å². The van der Waals surface area contributed by atoms with Crippen LogP contribution in [0.1, 0.15) is 29.6 Å². The minimum Gasteiger partial charge on any atom is -0.302 e. The van der Waals surface area contributed by atoms with Gasteiger partial charge in [-0.25, -0.2) is 9.97 Å². The van der Waals surface area contributed by atoms with E-state index in [2.05, 4.69) is 38.3 Å². The van der Waals surface area contributed by atoms with Gasteiger partial charge in [0, 0.05) is 28.3 Å². The van der Waals surface area contributed by atoms with Crippen LogP contribution in [0.15, 0.2) is 82.3 Å². The zero-order chi connectivity index (χ0) is 20.6. The number of benzene rings is 2. The Kier molecular flexibility index (Phi) is 4.77. The lowest BCUT2D eigenvalue weighted by Gasteiger charge is -2.10. The summed E-state index contributed by atoms with van der Waals surface area (Å²) in [5.74, 6) is 1.77. The summed E-state index contributed by atoms with van der Waals surface area (Å²) in [5, 5.41) is 14.1. The van der Waals surface area contributed by atoms with Crippen molar-refractivity contribution in [2.45, 2.75) is 35.5 Å².